The number of hydrogen-bond acceptors (Lipinski definition) is 0. The molecule has 0 N–H and O–H groups in total. The van der Waals surface area contributed by atoms with Gasteiger partial charge in [-0.2, -0.15) is 0 Å². The molecule has 6 aromatic carbocycles. The minimum atomic E-state index is -5.23. The standard InChI is InChI=1S/2C24H23Si.C2H7Si.2ClH.Zr/c2*1-25(2,3)24-15-8-7-13-22(24)21-14-9-12-19-16-20(17-23(19)21)18-10-5-4-6-11-18;1-3-2;;;/h2*4-17H,1-3H3;3H,1-2H3;2*1H;/q;;;;;+2/p-2. The summed E-state index contributed by atoms with van der Waals surface area (Å²) in [7, 11) is 14.8. The van der Waals surface area contributed by atoms with Crippen molar-refractivity contribution in [2.24, 2.45) is 0 Å². The van der Waals surface area contributed by atoms with Crippen LogP contribution in [0.15, 0.2) is 146 Å². The molecule has 0 nitrogen and oxygen atoms in total. The molecule has 0 heterocycles. The molecule has 0 radical (unpaired) electrons. The zero-order valence-electron chi connectivity index (χ0n) is 34.0. The average Bonchev–Trinajstić information content (AvgIpc) is 3.79. The first-order valence-electron chi connectivity index (χ1n) is 20.2. The van der Waals surface area contributed by atoms with Gasteiger partial charge in [0.2, 0.25) is 0 Å². The zero-order chi connectivity index (χ0) is 39.6. The third-order valence-corrected chi connectivity index (χ3v) is 68.3. The summed E-state index contributed by atoms with van der Waals surface area (Å²) in [6, 6.07) is 54.1. The summed E-state index contributed by atoms with van der Waals surface area (Å²) < 4.78 is -0.160. The fraction of sp³-hybridized carbons (Fsp3) is 0.200. The molecular formula is C50H53Cl2Si3Zr. The van der Waals surface area contributed by atoms with E-state index >= 15 is 0 Å². The Kier molecular flexibility index (Phi) is 10.4. The fourth-order valence-electron chi connectivity index (χ4n) is 9.80. The summed E-state index contributed by atoms with van der Waals surface area (Å²) in [5, 5.41) is 2.97. The maximum atomic E-state index is 9.06. The molecular weight excluding hydrogens is 847 g/mol. The van der Waals surface area contributed by atoms with Crippen molar-refractivity contribution in [3.05, 3.63) is 179 Å². The van der Waals surface area contributed by atoms with Gasteiger partial charge >= 0.3 is 349 Å². The van der Waals surface area contributed by atoms with Crippen molar-refractivity contribution < 1.29 is 15.6 Å². The van der Waals surface area contributed by atoms with Gasteiger partial charge in [0, 0.05) is 0 Å². The van der Waals surface area contributed by atoms with Crippen molar-refractivity contribution in [1.82, 2.24) is 0 Å². The number of rotatable bonds is 9. The predicted octanol–water partition coefficient (Wildman–Crippen LogP) is 14.0. The van der Waals surface area contributed by atoms with Crippen molar-refractivity contribution in [1.29, 1.82) is 0 Å². The Morgan fingerprint density at radius 3 is 1.12 bits per heavy atom. The SMILES string of the molecule is C[SiH](C)[Zr]([Cl])([Cl])([CH]1C(c2ccccc2)=Cc2c(-c3ccccc3[Si](C)(C)C)cccc21)[CH]1C(c2ccccc2)=Cc2c(-c3ccccc3[Si](C)(C)C)cccc21. The molecule has 0 saturated heterocycles. The first kappa shape index (κ1) is 39.7. The molecule has 0 aliphatic heterocycles. The first-order valence-corrected chi connectivity index (χ1v) is 43.5. The molecule has 2 aliphatic rings. The van der Waals surface area contributed by atoms with Gasteiger partial charge in [-0.05, 0) is 0 Å². The summed E-state index contributed by atoms with van der Waals surface area (Å²) in [6.45, 7) is 19.6. The molecule has 2 aliphatic carbocycles. The van der Waals surface area contributed by atoms with Gasteiger partial charge in [0.05, 0.1) is 0 Å². The molecule has 2 unspecified atom stereocenters. The normalized spacial score (nSPS) is 17.5. The van der Waals surface area contributed by atoms with E-state index in [0.29, 0.717) is 0 Å². The number of benzene rings is 6. The van der Waals surface area contributed by atoms with Crippen LogP contribution in [0.3, 0.4) is 0 Å². The molecule has 0 bridgehead atoms. The Morgan fingerprint density at radius 2 is 0.768 bits per heavy atom. The molecule has 56 heavy (non-hydrogen) atoms. The van der Waals surface area contributed by atoms with Gasteiger partial charge in [-0.25, -0.2) is 0 Å². The number of fused-ring (bicyclic) bond motifs is 2. The van der Waals surface area contributed by atoms with E-state index in [9.17, 15) is 0 Å². The summed E-state index contributed by atoms with van der Waals surface area (Å²) >= 11 is -5.23. The summed E-state index contributed by atoms with van der Waals surface area (Å²) in [5.74, 6) is -1.84. The molecule has 0 spiro atoms. The van der Waals surface area contributed by atoms with Crippen molar-refractivity contribution in [2.75, 3.05) is 0 Å². The third kappa shape index (κ3) is 6.57. The second-order valence-corrected chi connectivity index (χ2v) is 71.0. The Hall–Kier alpha value is -3.09. The molecule has 8 rings (SSSR count). The summed E-state index contributed by atoms with van der Waals surface area (Å²) in [5.41, 5.74) is 15.5. The maximum absolute atomic E-state index is 9.06. The van der Waals surface area contributed by atoms with E-state index in [0.717, 1.165) is 0 Å². The molecule has 283 valence electrons. The number of halogens is 2. The Labute approximate surface area is 346 Å². The fourth-order valence-corrected chi connectivity index (χ4v) is 43.2. The van der Waals surface area contributed by atoms with Crippen molar-refractivity contribution in [3.63, 3.8) is 0 Å². The molecule has 2 atom stereocenters. The van der Waals surface area contributed by atoms with Crippen LogP contribution in [0.4, 0.5) is 0 Å². The summed E-state index contributed by atoms with van der Waals surface area (Å²) in [6.07, 6.45) is 4.98. The van der Waals surface area contributed by atoms with Gasteiger partial charge in [0.15, 0.2) is 0 Å². The molecule has 0 saturated carbocycles. The van der Waals surface area contributed by atoms with Gasteiger partial charge in [-0.3, -0.25) is 0 Å². The monoisotopic (exact) mass is 897 g/mol. The van der Waals surface area contributed by atoms with E-state index in [1.807, 2.05) is 0 Å². The van der Waals surface area contributed by atoms with Crippen LogP contribution in [0.5, 0.6) is 0 Å². The van der Waals surface area contributed by atoms with Crippen molar-refractivity contribution in [3.8, 4) is 22.3 Å². The van der Waals surface area contributed by atoms with E-state index < -0.39 is 37.6 Å². The van der Waals surface area contributed by atoms with Crippen LogP contribution in [-0.2, 0) is 15.6 Å². The zero-order valence-corrected chi connectivity index (χ0v) is 41.1. The third-order valence-electron chi connectivity index (χ3n) is 12.6. The van der Waals surface area contributed by atoms with Crippen LogP contribution < -0.4 is 10.4 Å². The van der Waals surface area contributed by atoms with Gasteiger partial charge in [-0.1, -0.05) is 0 Å². The van der Waals surface area contributed by atoms with E-state index in [2.05, 4.69) is 210 Å². The van der Waals surface area contributed by atoms with Crippen LogP contribution in [0.2, 0.25) is 52.4 Å². The second-order valence-electron chi connectivity index (χ2n) is 18.4. The second kappa shape index (κ2) is 14.6. The Bertz CT molecular complexity index is 2350. The van der Waals surface area contributed by atoms with E-state index in [1.165, 1.54) is 77.2 Å². The van der Waals surface area contributed by atoms with Crippen LogP contribution in [0.25, 0.3) is 45.6 Å². The minimum absolute atomic E-state index is 0.0798. The average molecular weight is 900 g/mol. The van der Waals surface area contributed by atoms with Crippen LogP contribution in [-0.4, -0.2) is 22.1 Å². The molecule has 0 amide bonds. The van der Waals surface area contributed by atoms with Crippen molar-refractivity contribution >= 4 is 72.8 Å². The molecule has 6 heteroatoms. The molecule has 6 aromatic rings. The number of hydrogen-bond donors (Lipinski definition) is 0. The van der Waals surface area contributed by atoms with Crippen molar-refractivity contribution in [2.45, 2.75) is 59.6 Å². The summed E-state index contributed by atoms with van der Waals surface area (Å²) in [4.78, 5) is 0. The topological polar surface area (TPSA) is 0 Å². The Balaban J connectivity index is 1.44. The van der Waals surface area contributed by atoms with Crippen LogP contribution in [0, 0.1) is 0 Å². The number of allylic oxidation sites excluding steroid dienone is 2. The Morgan fingerprint density at radius 1 is 0.429 bits per heavy atom. The van der Waals surface area contributed by atoms with Gasteiger partial charge in [0.25, 0.3) is 0 Å². The van der Waals surface area contributed by atoms with Crippen LogP contribution in [0.1, 0.15) is 40.6 Å². The van der Waals surface area contributed by atoms with Gasteiger partial charge in [0.1, 0.15) is 0 Å². The van der Waals surface area contributed by atoms with E-state index in [4.69, 9.17) is 17.0 Å². The molecule has 0 fully saturated rings. The van der Waals surface area contributed by atoms with Gasteiger partial charge < -0.3 is 0 Å². The molecule has 0 aromatic heterocycles. The van der Waals surface area contributed by atoms with E-state index in [1.54, 1.807) is 0 Å². The van der Waals surface area contributed by atoms with Gasteiger partial charge in [-0.15, -0.1) is 0 Å². The first-order chi connectivity index (χ1) is 26.6. The predicted molar refractivity (Wildman–Crippen MR) is 254 cm³/mol. The van der Waals surface area contributed by atoms with E-state index in [-0.39, 0.29) is 7.25 Å². The quantitative estimate of drug-likeness (QED) is 0.127. The van der Waals surface area contributed by atoms with Crippen LogP contribution >= 0.6 is 17.0 Å².